The number of anilines is 2. The van der Waals surface area contributed by atoms with E-state index in [9.17, 15) is 9.59 Å². The van der Waals surface area contributed by atoms with Gasteiger partial charge in [0.25, 0.3) is 0 Å². The lowest BCUT2D eigenvalue weighted by Gasteiger charge is -2.25. The first-order chi connectivity index (χ1) is 9.95. The molecule has 0 heterocycles. The fraction of sp³-hybridized carbons (Fsp3) is 0.467. The second-order valence-electron chi connectivity index (χ2n) is 5.49. The number of amides is 2. The van der Waals surface area contributed by atoms with E-state index in [4.69, 9.17) is 17.3 Å². The fourth-order valence-corrected chi connectivity index (χ4v) is 2.77. The first-order valence-corrected chi connectivity index (χ1v) is 7.47. The summed E-state index contributed by atoms with van der Waals surface area (Å²) in [6.07, 6.45) is 3.50. The minimum atomic E-state index is -0.173. The Morgan fingerprint density at radius 1 is 1.27 bits per heavy atom. The summed E-state index contributed by atoms with van der Waals surface area (Å²) in [7, 11) is 0. The van der Waals surface area contributed by atoms with Gasteiger partial charge >= 0.3 is 0 Å². The molecular formula is C15H21Cl2N3O2. The van der Waals surface area contributed by atoms with Gasteiger partial charge in [0.05, 0.1) is 10.7 Å². The van der Waals surface area contributed by atoms with Crippen molar-refractivity contribution >= 4 is 47.2 Å². The quantitative estimate of drug-likeness (QED) is 0.786. The van der Waals surface area contributed by atoms with Gasteiger partial charge in [0, 0.05) is 24.6 Å². The summed E-state index contributed by atoms with van der Waals surface area (Å²) in [5.74, 6) is -0.311. The van der Waals surface area contributed by atoms with Crippen molar-refractivity contribution in [2.24, 2.45) is 11.7 Å². The largest absolute Gasteiger partial charge is 0.328 e. The van der Waals surface area contributed by atoms with Gasteiger partial charge in [0.2, 0.25) is 11.8 Å². The first-order valence-electron chi connectivity index (χ1n) is 7.09. The van der Waals surface area contributed by atoms with E-state index in [0.29, 0.717) is 22.8 Å². The van der Waals surface area contributed by atoms with E-state index in [1.54, 1.807) is 18.2 Å². The van der Waals surface area contributed by atoms with Gasteiger partial charge in [-0.1, -0.05) is 18.0 Å². The van der Waals surface area contributed by atoms with Crippen LogP contribution in [-0.2, 0) is 9.59 Å². The Morgan fingerprint density at radius 3 is 2.64 bits per heavy atom. The van der Waals surface area contributed by atoms with Crippen molar-refractivity contribution in [3.05, 3.63) is 23.2 Å². The Kier molecular flexibility index (Phi) is 7.13. The standard InChI is InChI=1S/C15H20ClN3O2.ClH/c1-9(20)18-12-5-6-13(16)14(8-12)19-15(21)10-3-2-4-11(17)7-10;/h5-6,8,10-11H,2-4,7,17H2,1H3,(H,18,20)(H,19,21);1H. The molecule has 1 aromatic rings. The highest BCUT2D eigenvalue weighted by atomic mass is 35.5. The molecule has 1 saturated carbocycles. The molecule has 5 nitrogen and oxygen atoms in total. The van der Waals surface area contributed by atoms with Crippen LogP contribution in [0.1, 0.15) is 32.6 Å². The van der Waals surface area contributed by atoms with Crippen LogP contribution in [0.4, 0.5) is 11.4 Å². The van der Waals surface area contributed by atoms with Crippen molar-refractivity contribution < 1.29 is 9.59 Å². The highest BCUT2D eigenvalue weighted by Gasteiger charge is 2.25. The minimum absolute atomic E-state index is 0. The van der Waals surface area contributed by atoms with E-state index in [-0.39, 0.29) is 36.2 Å². The summed E-state index contributed by atoms with van der Waals surface area (Å²) in [5.41, 5.74) is 7.02. The Bertz CT molecular complexity index is 552. The lowest BCUT2D eigenvalue weighted by molar-refractivity contribution is -0.121. The molecule has 2 amide bonds. The third kappa shape index (κ3) is 5.16. The van der Waals surface area contributed by atoms with Crippen LogP contribution in [0, 0.1) is 5.92 Å². The highest BCUT2D eigenvalue weighted by molar-refractivity contribution is 6.33. The maximum absolute atomic E-state index is 12.3. The van der Waals surface area contributed by atoms with Crippen molar-refractivity contribution in [3.63, 3.8) is 0 Å². The zero-order valence-electron chi connectivity index (χ0n) is 12.4. The molecule has 1 aliphatic carbocycles. The van der Waals surface area contributed by atoms with Crippen molar-refractivity contribution in [2.75, 3.05) is 10.6 Å². The van der Waals surface area contributed by atoms with Crippen LogP contribution >= 0.6 is 24.0 Å². The average molecular weight is 346 g/mol. The smallest absolute Gasteiger partial charge is 0.227 e. The predicted octanol–water partition coefficient (Wildman–Crippen LogP) is 3.18. The van der Waals surface area contributed by atoms with E-state index in [2.05, 4.69) is 10.6 Å². The molecule has 122 valence electrons. The van der Waals surface area contributed by atoms with Crippen LogP contribution in [0.25, 0.3) is 0 Å². The molecule has 1 aliphatic rings. The number of benzene rings is 1. The topological polar surface area (TPSA) is 84.2 Å². The Balaban J connectivity index is 0.00000242. The van der Waals surface area contributed by atoms with Crippen LogP contribution in [0.15, 0.2) is 18.2 Å². The van der Waals surface area contributed by atoms with Crippen LogP contribution in [0.2, 0.25) is 5.02 Å². The average Bonchev–Trinajstić information content (AvgIpc) is 2.42. The lowest BCUT2D eigenvalue weighted by atomic mass is 9.85. The third-order valence-corrected chi connectivity index (χ3v) is 3.96. The van der Waals surface area contributed by atoms with E-state index in [1.807, 2.05) is 0 Å². The molecule has 0 spiro atoms. The van der Waals surface area contributed by atoms with E-state index in [1.165, 1.54) is 6.92 Å². The van der Waals surface area contributed by atoms with E-state index < -0.39 is 0 Å². The van der Waals surface area contributed by atoms with Crippen molar-refractivity contribution in [1.82, 2.24) is 0 Å². The van der Waals surface area contributed by atoms with Crippen LogP contribution in [-0.4, -0.2) is 17.9 Å². The monoisotopic (exact) mass is 345 g/mol. The van der Waals surface area contributed by atoms with Crippen molar-refractivity contribution in [2.45, 2.75) is 38.6 Å². The number of nitrogens with one attached hydrogen (secondary N) is 2. The number of hydrogen-bond acceptors (Lipinski definition) is 3. The second kappa shape index (κ2) is 8.36. The Labute approximate surface area is 141 Å². The molecule has 2 unspecified atom stereocenters. The summed E-state index contributed by atoms with van der Waals surface area (Å²) < 4.78 is 0. The van der Waals surface area contributed by atoms with Gasteiger partial charge in [0.15, 0.2) is 0 Å². The Morgan fingerprint density at radius 2 is 2.00 bits per heavy atom. The molecular weight excluding hydrogens is 325 g/mol. The summed E-state index contributed by atoms with van der Waals surface area (Å²) in [5, 5.41) is 5.94. The van der Waals surface area contributed by atoms with Gasteiger partial charge in [-0.05, 0) is 37.5 Å². The normalized spacial score (nSPS) is 20.7. The molecule has 2 rings (SSSR count). The maximum Gasteiger partial charge on any atom is 0.227 e. The first kappa shape index (κ1) is 18.7. The predicted molar refractivity (Wildman–Crippen MR) is 91.6 cm³/mol. The zero-order valence-corrected chi connectivity index (χ0v) is 14.0. The second-order valence-corrected chi connectivity index (χ2v) is 5.90. The molecule has 2 atom stereocenters. The van der Waals surface area contributed by atoms with Gasteiger partial charge in [-0.25, -0.2) is 0 Å². The Hall–Kier alpha value is -1.30. The molecule has 1 aromatic carbocycles. The third-order valence-electron chi connectivity index (χ3n) is 3.63. The van der Waals surface area contributed by atoms with Crippen LogP contribution < -0.4 is 16.4 Å². The van der Waals surface area contributed by atoms with E-state index >= 15 is 0 Å². The minimum Gasteiger partial charge on any atom is -0.328 e. The molecule has 0 bridgehead atoms. The molecule has 22 heavy (non-hydrogen) atoms. The molecule has 0 saturated heterocycles. The summed E-state index contributed by atoms with van der Waals surface area (Å²) in [6.45, 7) is 1.43. The number of nitrogens with two attached hydrogens (primary N) is 1. The number of hydrogen-bond donors (Lipinski definition) is 3. The molecule has 1 fully saturated rings. The molecule has 4 N–H and O–H groups in total. The van der Waals surface area contributed by atoms with Crippen LogP contribution in [0.5, 0.6) is 0 Å². The fourth-order valence-electron chi connectivity index (χ4n) is 2.60. The van der Waals surface area contributed by atoms with Crippen molar-refractivity contribution in [1.29, 1.82) is 0 Å². The summed E-state index contributed by atoms with van der Waals surface area (Å²) >= 11 is 6.09. The van der Waals surface area contributed by atoms with Gasteiger partial charge < -0.3 is 16.4 Å². The van der Waals surface area contributed by atoms with Gasteiger partial charge in [-0.2, -0.15) is 0 Å². The molecule has 0 aliphatic heterocycles. The van der Waals surface area contributed by atoms with Gasteiger partial charge in [-0.3, -0.25) is 9.59 Å². The zero-order chi connectivity index (χ0) is 15.4. The lowest BCUT2D eigenvalue weighted by Crippen LogP contribution is -2.34. The summed E-state index contributed by atoms with van der Waals surface area (Å²) in [6, 6.07) is 5.09. The molecule has 0 aromatic heterocycles. The number of carbonyl (C=O) groups is 2. The summed E-state index contributed by atoms with van der Waals surface area (Å²) in [4.78, 5) is 23.4. The number of rotatable bonds is 3. The maximum atomic E-state index is 12.3. The number of halogens is 2. The SMILES string of the molecule is CC(=O)Nc1ccc(Cl)c(NC(=O)C2CCCC(N)C2)c1.Cl. The van der Waals surface area contributed by atoms with Gasteiger partial charge in [-0.15, -0.1) is 12.4 Å². The van der Waals surface area contributed by atoms with Crippen molar-refractivity contribution in [3.8, 4) is 0 Å². The van der Waals surface area contributed by atoms with E-state index in [0.717, 1.165) is 19.3 Å². The molecule has 7 heteroatoms. The van der Waals surface area contributed by atoms with Gasteiger partial charge in [0.1, 0.15) is 0 Å². The molecule has 0 radical (unpaired) electrons. The number of carbonyl (C=O) groups excluding carboxylic acids is 2. The highest BCUT2D eigenvalue weighted by Crippen LogP contribution is 2.29. The van der Waals surface area contributed by atoms with Crippen LogP contribution in [0.3, 0.4) is 0 Å².